The Kier molecular flexibility index (Phi) is 4.00. The molecule has 8 nitrogen and oxygen atoms in total. The highest BCUT2D eigenvalue weighted by Crippen LogP contribution is 2.21. The van der Waals surface area contributed by atoms with E-state index < -0.39 is 0 Å². The molecule has 1 saturated heterocycles. The average molecular weight is 325 g/mol. The van der Waals surface area contributed by atoms with E-state index in [0.29, 0.717) is 42.1 Å². The Bertz CT molecular complexity index is 815. The van der Waals surface area contributed by atoms with Crippen molar-refractivity contribution in [2.45, 2.75) is 20.3 Å². The number of carbonyl (C=O) groups is 2. The number of amides is 2. The molecule has 24 heavy (non-hydrogen) atoms. The number of nitriles is 1. The van der Waals surface area contributed by atoms with Crippen molar-refractivity contribution in [1.29, 1.82) is 5.26 Å². The second-order valence-electron chi connectivity index (χ2n) is 5.45. The van der Waals surface area contributed by atoms with Gasteiger partial charge in [-0.25, -0.2) is 15.0 Å². The van der Waals surface area contributed by atoms with E-state index in [0.717, 1.165) is 0 Å². The predicted molar refractivity (Wildman–Crippen MR) is 81.6 cm³/mol. The maximum absolute atomic E-state index is 12.8. The van der Waals surface area contributed by atoms with Crippen molar-refractivity contribution in [2.75, 3.05) is 13.1 Å². The molecule has 1 aliphatic rings. The topological polar surface area (TPSA) is 103 Å². The highest BCUT2D eigenvalue weighted by Gasteiger charge is 2.34. The first-order chi connectivity index (χ1) is 11.5. The lowest BCUT2D eigenvalue weighted by molar-refractivity contribution is 0.0184. The largest absolute Gasteiger partial charge is 0.361 e. The molecule has 3 heterocycles. The number of carbonyl (C=O) groups excluding carboxylic acids is 2. The normalized spacial score (nSPS) is 13.9. The standard InChI is InChI=1S/C16H15N5O3/c1-10-14(11(2)24-19-10)16(23)21-7-3-6-20(21)15(22)12-4-5-13(8-17)18-9-12/h4-5,9H,3,6-7H2,1-2H3. The molecule has 0 N–H and O–H groups in total. The fourth-order valence-corrected chi connectivity index (χ4v) is 2.69. The van der Waals surface area contributed by atoms with Crippen LogP contribution in [0.1, 0.15) is 44.3 Å². The van der Waals surface area contributed by atoms with Crippen LogP contribution in [0.5, 0.6) is 0 Å². The van der Waals surface area contributed by atoms with Crippen LogP contribution < -0.4 is 0 Å². The number of nitrogens with zero attached hydrogens (tertiary/aromatic N) is 5. The third-order valence-corrected chi connectivity index (χ3v) is 3.87. The summed E-state index contributed by atoms with van der Waals surface area (Å²) in [5, 5.41) is 15.4. The van der Waals surface area contributed by atoms with E-state index in [-0.39, 0.29) is 17.5 Å². The maximum atomic E-state index is 12.8. The van der Waals surface area contributed by atoms with Crippen LogP contribution in [0.3, 0.4) is 0 Å². The van der Waals surface area contributed by atoms with Crippen LogP contribution in [0, 0.1) is 25.2 Å². The van der Waals surface area contributed by atoms with E-state index in [1.54, 1.807) is 13.8 Å². The molecule has 0 unspecified atom stereocenters. The summed E-state index contributed by atoms with van der Waals surface area (Å²) in [6.45, 7) is 4.24. The molecular weight excluding hydrogens is 310 g/mol. The van der Waals surface area contributed by atoms with Gasteiger partial charge in [-0.15, -0.1) is 0 Å². The highest BCUT2D eigenvalue weighted by atomic mass is 16.5. The zero-order chi connectivity index (χ0) is 17.3. The van der Waals surface area contributed by atoms with Crippen molar-refractivity contribution in [3.63, 3.8) is 0 Å². The van der Waals surface area contributed by atoms with E-state index in [2.05, 4.69) is 10.1 Å². The van der Waals surface area contributed by atoms with Crippen LogP contribution in [0.2, 0.25) is 0 Å². The molecule has 0 radical (unpaired) electrons. The zero-order valence-electron chi connectivity index (χ0n) is 13.3. The van der Waals surface area contributed by atoms with Crippen molar-refractivity contribution in [2.24, 2.45) is 0 Å². The molecule has 0 aliphatic carbocycles. The molecule has 2 aromatic rings. The summed E-state index contributed by atoms with van der Waals surface area (Å²) in [5.41, 5.74) is 1.44. The monoisotopic (exact) mass is 325 g/mol. The second kappa shape index (κ2) is 6.12. The summed E-state index contributed by atoms with van der Waals surface area (Å²) >= 11 is 0. The molecule has 3 rings (SSSR count). The highest BCUT2D eigenvalue weighted by molar-refractivity contribution is 6.00. The third kappa shape index (κ3) is 2.60. The quantitative estimate of drug-likeness (QED) is 0.828. The van der Waals surface area contributed by atoms with Gasteiger partial charge in [0.2, 0.25) is 0 Å². The van der Waals surface area contributed by atoms with Crippen LogP contribution in [0.25, 0.3) is 0 Å². The van der Waals surface area contributed by atoms with Gasteiger partial charge in [-0.2, -0.15) is 5.26 Å². The molecule has 0 saturated carbocycles. The second-order valence-corrected chi connectivity index (χ2v) is 5.45. The molecule has 2 aromatic heterocycles. The van der Waals surface area contributed by atoms with Crippen molar-refractivity contribution < 1.29 is 14.1 Å². The van der Waals surface area contributed by atoms with Gasteiger partial charge < -0.3 is 4.52 Å². The van der Waals surface area contributed by atoms with Crippen LogP contribution in [-0.2, 0) is 0 Å². The minimum absolute atomic E-state index is 0.233. The molecule has 0 bridgehead atoms. The number of hydrogen-bond donors (Lipinski definition) is 0. The average Bonchev–Trinajstić information content (AvgIpc) is 3.21. The molecule has 122 valence electrons. The van der Waals surface area contributed by atoms with E-state index in [1.165, 1.54) is 28.3 Å². The Balaban J connectivity index is 1.86. The molecular formula is C16H15N5O3. The lowest BCUT2D eigenvalue weighted by Gasteiger charge is -2.27. The van der Waals surface area contributed by atoms with Crippen molar-refractivity contribution in [1.82, 2.24) is 20.2 Å². The van der Waals surface area contributed by atoms with Crippen LogP contribution in [0.4, 0.5) is 0 Å². The van der Waals surface area contributed by atoms with Gasteiger partial charge in [-0.05, 0) is 32.4 Å². The smallest absolute Gasteiger partial charge is 0.277 e. The van der Waals surface area contributed by atoms with Crippen LogP contribution in [0.15, 0.2) is 22.9 Å². The van der Waals surface area contributed by atoms with E-state index >= 15 is 0 Å². The van der Waals surface area contributed by atoms with Crippen LogP contribution in [-0.4, -0.2) is 45.1 Å². The van der Waals surface area contributed by atoms with Gasteiger partial charge in [0.15, 0.2) is 0 Å². The van der Waals surface area contributed by atoms with E-state index in [4.69, 9.17) is 9.78 Å². The number of hydrazine groups is 1. The number of hydrogen-bond acceptors (Lipinski definition) is 6. The lowest BCUT2D eigenvalue weighted by Crippen LogP contribution is -2.45. The first-order valence-corrected chi connectivity index (χ1v) is 7.45. The molecule has 1 fully saturated rings. The summed E-state index contributed by atoms with van der Waals surface area (Å²) in [7, 11) is 0. The van der Waals surface area contributed by atoms with Gasteiger partial charge in [0.1, 0.15) is 23.1 Å². The molecule has 0 aromatic carbocycles. The summed E-state index contributed by atoms with van der Waals surface area (Å²) in [4.78, 5) is 29.3. The van der Waals surface area contributed by atoms with Gasteiger partial charge in [0.25, 0.3) is 11.8 Å². The van der Waals surface area contributed by atoms with Crippen molar-refractivity contribution in [3.05, 3.63) is 46.6 Å². The molecule has 2 amide bonds. The fourth-order valence-electron chi connectivity index (χ4n) is 2.69. The first-order valence-electron chi connectivity index (χ1n) is 7.45. The maximum Gasteiger partial charge on any atom is 0.277 e. The Labute approximate surface area is 138 Å². The van der Waals surface area contributed by atoms with Gasteiger partial charge in [-0.1, -0.05) is 5.16 Å². The van der Waals surface area contributed by atoms with Gasteiger partial charge in [-0.3, -0.25) is 9.59 Å². The summed E-state index contributed by atoms with van der Waals surface area (Å²) in [5.74, 6) is -0.208. The lowest BCUT2D eigenvalue weighted by atomic mass is 10.2. The fraction of sp³-hybridized carbons (Fsp3) is 0.312. The Morgan fingerprint density at radius 2 is 1.92 bits per heavy atom. The Hall–Kier alpha value is -3.21. The van der Waals surface area contributed by atoms with Gasteiger partial charge in [0, 0.05) is 19.3 Å². The molecule has 0 atom stereocenters. The van der Waals surface area contributed by atoms with E-state index in [9.17, 15) is 9.59 Å². The Morgan fingerprint density at radius 3 is 2.46 bits per heavy atom. The number of aromatic nitrogens is 2. The van der Waals surface area contributed by atoms with Gasteiger partial charge >= 0.3 is 0 Å². The minimum atomic E-state index is -0.329. The Morgan fingerprint density at radius 1 is 1.21 bits per heavy atom. The summed E-state index contributed by atoms with van der Waals surface area (Å²) in [6, 6.07) is 4.91. The molecule has 8 heteroatoms. The van der Waals surface area contributed by atoms with Crippen molar-refractivity contribution in [3.8, 4) is 6.07 Å². The van der Waals surface area contributed by atoms with Crippen molar-refractivity contribution >= 4 is 11.8 Å². The minimum Gasteiger partial charge on any atom is -0.361 e. The third-order valence-electron chi connectivity index (χ3n) is 3.87. The number of rotatable bonds is 2. The SMILES string of the molecule is Cc1noc(C)c1C(=O)N1CCCN1C(=O)c1ccc(C#N)nc1. The number of pyridine rings is 1. The summed E-state index contributed by atoms with van der Waals surface area (Å²) < 4.78 is 5.04. The first kappa shape index (κ1) is 15.7. The summed E-state index contributed by atoms with van der Waals surface area (Å²) in [6.07, 6.45) is 2.03. The predicted octanol–water partition coefficient (Wildman–Crippen LogP) is 1.46. The van der Waals surface area contributed by atoms with Gasteiger partial charge in [0.05, 0.1) is 11.3 Å². The van der Waals surface area contributed by atoms with E-state index in [1.807, 2.05) is 6.07 Å². The zero-order valence-corrected chi connectivity index (χ0v) is 13.3. The molecule has 0 spiro atoms. The van der Waals surface area contributed by atoms with Crippen LogP contribution >= 0.6 is 0 Å². The number of aryl methyl sites for hydroxylation is 2. The molecule has 1 aliphatic heterocycles.